The van der Waals surface area contributed by atoms with E-state index in [1.807, 2.05) is 6.92 Å². The molecule has 0 atom stereocenters. The molecule has 0 unspecified atom stereocenters. The van der Waals surface area contributed by atoms with Gasteiger partial charge in [-0.1, -0.05) is 6.92 Å². The zero-order chi connectivity index (χ0) is 13.7. The van der Waals surface area contributed by atoms with Crippen LogP contribution in [0, 0.1) is 11.6 Å². The minimum absolute atomic E-state index is 0.0113. The molecule has 0 radical (unpaired) electrons. The molecule has 100 valence electrons. The summed E-state index contributed by atoms with van der Waals surface area (Å²) < 4.78 is 26.6. The van der Waals surface area contributed by atoms with E-state index in [9.17, 15) is 13.6 Å². The van der Waals surface area contributed by atoms with Gasteiger partial charge in [0.2, 0.25) is 5.91 Å². The standard InChI is InChI=1S/C12H17F2N3O/c1-3-4-17(7-11(18)16-2)10-6-8(13)5-9(14)12(10)15/h5-6H,3-4,7,15H2,1-2H3,(H,16,18). The topological polar surface area (TPSA) is 58.4 Å². The van der Waals surface area contributed by atoms with Crippen LogP contribution in [0.4, 0.5) is 20.2 Å². The van der Waals surface area contributed by atoms with Crippen LogP contribution < -0.4 is 16.0 Å². The first-order valence-corrected chi connectivity index (χ1v) is 5.69. The highest BCUT2D eigenvalue weighted by Crippen LogP contribution is 2.27. The Morgan fingerprint density at radius 3 is 2.67 bits per heavy atom. The van der Waals surface area contributed by atoms with Crippen LogP contribution in [0.1, 0.15) is 13.3 Å². The number of carbonyl (C=O) groups excluding carboxylic acids is 1. The zero-order valence-electron chi connectivity index (χ0n) is 10.5. The quantitative estimate of drug-likeness (QED) is 0.786. The van der Waals surface area contributed by atoms with Crippen LogP contribution >= 0.6 is 0 Å². The Hall–Kier alpha value is -1.85. The molecule has 3 N–H and O–H groups in total. The van der Waals surface area contributed by atoms with Gasteiger partial charge >= 0.3 is 0 Å². The van der Waals surface area contributed by atoms with Gasteiger partial charge in [-0.25, -0.2) is 8.78 Å². The number of carbonyl (C=O) groups is 1. The third-order valence-electron chi connectivity index (χ3n) is 2.52. The maximum absolute atomic E-state index is 13.4. The average Bonchev–Trinajstić information content (AvgIpc) is 2.33. The van der Waals surface area contributed by atoms with Crippen molar-refractivity contribution in [1.82, 2.24) is 5.32 Å². The highest BCUT2D eigenvalue weighted by Gasteiger charge is 2.16. The van der Waals surface area contributed by atoms with Crippen molar-refractivity contribution in [1.29, 1.82) is 0 Å². The van der Waals surface area contributed by atoms with Gasteiger partial charge in [-0.3, -0.25) is 4.79 Å². The summed E-state index contributed by atoms with van der Waals surface area (Å²) in [5.41, 5.74) is 5.65. The number of nitrogens with two attached hydrogens (primary N) is 1. The lowest BCUT2D eigenvalue weighted by atomic mass is 10.2. The van der Waals surface area contributed by atoms with Gasteiger partial charge in [0.25, 0.3) is 0 Å². The highest BCUT2D eigenvalue weighted by atomic mass is 19.1. The number of nitrogens with zero attached hydrogens (tertiary/aromatic N) is 1. The summed E-state index contributed by atoms with van der Waals surface area (Å²) >= 11 is 0. The van der Waals surface area contributed by atoms with Gasteiger partial charge in [0, 0.05) is 19.7 Å². The third kappa shape index (κ3) is 3.32. The Bertz CT molecular complexity index is 438. The second-order valence-electron chi connectivity index (χ2n) is 3.92. The molecule has 6 heteroatoms. The van der Waals surface area contributed by atoms with Gasteiger partial charge in [0.1, 0.15) is 5.82 Å². The van der Waals surface area contributed by atoms with E-state index in [0.29, 0.717) is 6.54 Å². The maximum Gasteiger partial charge on any atom is 0.239 e. The first-order valence-electron chi connectivity index (χ1n) is 5.69. The van der Waals surface area contributed by atoms with E-state index in [-0.39, 0.29) is 23.8 Å². The summed E-state index contributed by atoms with van der Waals surface area (Å²) in [6, 6.07) is 1.86. The smallest absolute Gasteiger partial charge is 0.239 e. The van der Waals surface area contributed by atoms with Gasteiger partial charge in [-0.05, 0) is 12.5 Å². The van der Waals surface area contributed by atoms with Crippen molar-refractivity contribution in [3.05, 3.63) is 23.8 Å². The lowest BCUT2D eigenvalue weighted by molar-refractivity contribution is -0.119. The first-order chi connectivity index (χ1) is 8.49. The van der Waals surface area contributed by atoms with Crippen molar-refractivity contribution in [3.63, 3.8) is 0 Å². The number of amides is 1. The number of nitrogen functional groups attached to an aromatic ring is 1. The first kappa shape index (κ1) is 14.2. The molecular weight excluding hydrogens is 240 g/mol. The second kappa shape index (κ2) is 6.18. The Morgan fingerprint density at radius 1 is 1.44 bits per heavy atom. The second-order valence-corrected chi connectivity index (χ2v) is 3.92. The van der Waals surface area contributed by atoms with E-state index in [1.165, 1.54) is 7.05 Å². The third-order valence-corrected chi connectivity index (χ3v) is 2.52. The Labute approximate surface area is 105 Å². The molecule has 0 bridgehead atoms. The van der Waals surface area contributed by atoms with Crippen LogP contribution in [-0.2, 0) is 4.79 Å². The molecule has 0 saturated carbocycles. The van der Waals surface area contributed by atoms with Gasteiger partial charge in [0.05, 0.1) is 17.9 Å². The number of halogens is 2. The van der Waals surface area contributed by atoms with Gasteiger partial charge in [-0.2, -0.15) is 0 Å². The molecule has 0 heterocycles. The normalized spacial score (nSPS) is 10.2. The number of hydrogen-bond acceptors (Lipinski definition) is 3. The molecule has 1 amide bonds. The molecule has 0 spiro atoms. The summed E-state index contributed by atoms with van der Waals surface area (Å²) in [4.78, 5) is 12.9. The number of benzene rings is 1. The van der Waals surface area contributed by atoms with Crippen LogP contribution in [0.5, 0.6) is 0 Å². The fourth-order valence-electron chi connectivity index (χ4n) is 1.64. The monoisotopic (exact) mass is 257 g/mol. The largest absolute Gasteiger partial charge is 0.395 e. The lowest BCUT2D eigenvalue weighted by Crippen LogP contribution is -2.36. The van der Waals surface area contributed by atoms with Crippen LogP contribution in [0.2, 0.25) is 0 Å². The van der Waals surface area contributed by atoms with E-state index >= 15 is 0 Å². The van der Waals surface area contributed by atoms with E-state index < -0.39 is 11.6 Å². The van der Waals surface area contributed by atoms with Crippen molar-refractivity contribution in [3.8, 4) is 0 Å². The van der Waals surface area contributed by atoms with E-state index in [1.54, 1.807) is 4.90 Å². The molecule has 4 nitrogen and oxygen atoms in total. The molecule has 0 fully saturated rings. The van der Waals surface area contributed by atoms with Crippen molar-refractivity contribution >= 4 is 17.3 Å². The zero-order valence-corrected chi connectivity index (χ0v) is 10.5. The summed E-state index contributed by atoms with van der Waals surface area (Å²) in [6.45, 7) is 2.40. The van der Waals surface area contributed by atoms with E-state index in [4.69, 9.17) is 5.73 Å². The molecule has 0 aliphatic heterocycles. The van der Waals surface area contributed by atoms with E-state index in [2.05, 4.69) is 5.32 Å². The van der Waals surface area contributed by atoms with Crippen LogP contribution in [0.25, 0.3) is 0 Å². The number of likely N-dealkylation sites (N-methyl/N-ethyl adjacent to an activating group) is 1. The predicted octanol–water partition coefficient (Wildman–Crippen LogP) is 1.51. The van der Waals surface area contributed by atoms with Crippen molar-refractivity contribution < 1.29 is 13.6 Å². The Kier molecular flexibility index (Phi) is 4.88. The number of nitrogens with one attached hydrogen (secondary N) is 1. The fraction of sp³-hybridized carbons (Fsp3) is 0.417. The summed E-state index contributed by atoms with van der Waals surface area (Å²) in [6.07, 6.45) is 0.731. The molecule has 0 aliphatic rings. The van der Waals surface area contributed by atoms with Gasteiger partial charge in [0.15, 0.2) is 5.82 Å². The van der Waals surface area contributed by atoms with Crippen molar-refractivity contribution in [2.45, 2.75) is 13.3 Å². The Morgan fingerprint density at radius 2 is 2.11 bits per heavy atom. The van der Waals surface area contributed by atoms with E-state index in [0.717, 1.165) is 18.6 Å². The molecular formula is C12H17F2N3O. The molecule has 0 aliphatic carbocycles. The highest BCUT2D eigenvalue weighted by molar-refractivity contribution is 5.82. The SMILES string of the molecule is CCCN(CC(=O)NC)c1cc(F)cc(F)c1N. The van der Waals surface area contributed by atoms with Gasteiger partial charge in [-0.15, -0.1) is 0 Å². The van der Waals surface area contributed by atoms with Crippen LogP contribution in [-0.4, -0.2) is 26.0 Å². The number of rotatable bonds is 5. The maximum atomic E-state index is 13.4. The van der Waals surface area contributed by atoms with Gasteiger partial charge < -0.3 is 16.0 Å². The molecule has 18 heavy (non-hydrogen) atoms. The van der Waals surface area contributed by atoms with Crippen molar-refractivity contribution in [2.24, 2.45) is 0 Å². The fourth-order valence-corrected chi connectivity index (χ4v) is 1.64. The Balaban J connectivity index is 3.08. The minimum Gasteiger partial charge on any atom is -0.395 e. The molecule has 0 saturated heterocycles. The van der Waals surface area contributed by atoms with Crippen LogP contribution in [0.3, 0.4) is 0 Å². The molecule has 1 aromatic carbocycles. The summed E-state index contributed by atoms with van der Waals surface area (Å²) in [7, 11) is 1.50. The predicted molar refractivity (Wildman–Crippen MR) is 67.3 cm³/mol. The van der Waals surface area contributed by atoms with Crippen molar-refractivity contribution in [2.75, 3.05) is 30.8 Å². The average molecular weight is 257 g/mol. The molecule has 1 aromatic rings. The summed E-state index contributed by atoms with van der Waals surface area (Å²) in [5, 5.41) is 2.46. The lowest BCUT2D eigenvalue weighted by Gasteiger charge is -2.25. The molecule has 1 rings (SSSR count). The number of hydrogen-bond donors (Lipinski definition) is 2. The summed E-state index contributed by atoms with van der Waals surface area (Å²) in [5.74, 6) is -1.77. The van der Waals surface area contributed by atoms with Crippen LogP contribution in [0.15, 0.2) is 12.1 Å². The minimum atomic E-state index is -0.817. The number of anilines is 2. The molecule has 0 aromatic heterocycles.